The monoisotopic (exact) mass is 354 g/mol. The number of rotatable bonds is 5. The highest BCUT2D eigenvalue weighted by Gasteiger charge is 2.54. The van der Waals surface area contributed by atoms with Gasteiger partial charge in [-0.25, -0.2) is 0 Å². The van der Waals surface area contributed by atoms with Crippen LogP contribution in [0.4, 0.5) is 0 Å². The molecule has 3 aliphatic carbocycles. The summed E-state index contributed by atoms with van der Waals surface area (Å²) in [6, 6.07) is 5.54. The number of hydrogen-bond donors (Lipinski definition) is 0. The molecule has 0 spiro atoms. The van der Waals surface area contributed by atoms with E-state index in [1.54, 1.807) is 0 Å². The van der Waals surface area contributed by atoms with Gasteiger partial charge in [0.2, 0.25) is 0 Å². The van der Waals surface area contributed by atoms with E-state index >= 15 is 0 Å². The Morgan fingerprint density at radius 1 is 1.20 bits per heavy atom. The molecular weight excluding hydrogens is 320 g/mol. The predicted molar refractivity (Wildman–Crippen MR) is 110 cm³/mol. The van der Waals surface area contributed by atoms with Gasteiger partial charge in [0, 0.05) is 5.56 Å². The van der Waals surface area contributed by atoms with Crippen LogP contribution in [0.1, 0.15) is 49.8 Å². The van der Waals surface area contributed by atoms with Gasteiger partial charge in [-0.3, -0.25) is 0 Å². The van der Waals surface area contributed by atoms with Crippen molar-refractivity contribution >= 4 is 8.07 Å². The lowest BCUT2D eigenvalue weighted by molar-refractivity contribution is -0.0992. The highest BCUT2D eigenvalue weighted by atomic mass is 28.3. The van der Waals surface area contributed by atoms with Crippen molar-refractivity contribution in [2.75, 3.05) is 6.23 Å². The SMILES string of the molecule is C#Cc1cc(C)c(OC[Si](C)(C)CC2CCC3CC2C3(C)C)c(C)c1. The minimum absolute atomic E-state index is 0.590. The van der Waals surface area contributed by atoms with Crippen LogP contribution < -0.4 is 4.74 Å². The number of ether oxygens (including phenoxy) is 1. The van der Waals surface area contributed by atoms with Gasteiger partial charge in [-0.1, -0.05) is 45.3 Å². The fraction of sp³-hybridized carbons (Fsp3) is 0.652. The largest absolute Gasteiger partial charge is 0.497 e. The second-order valence-corrected chi connectivity index (χ2v) is 15.0. The Morgan fingerprint density at radius 2 is 1.84 bits per heavy atom. The van der Waals surface area contributed by atoms with Crippen molar-refractivity contribution < 1.29 is 4.74 Å². The molecule has 3 aliphatic rings. The average molecular weight is 355 g/mol. The molecule has 1 aromatic carbocycles. The Labute approximate surface area is 155 Å². The molecule has 3 unspecified atom stereocenters. The molecule has 3 fully saturated rings. The first-order valence-electron chi connectivity index (χ1n) is 9.85. The van der Waals surface area contributed by atoms with Crippen molar-refractivity contribution in [1.82, 2.24) is 0 Å². The first-order chi connectivity index (χ1) is 11.6. The number of hydrogen-bond acceptors (Lipinski definition) is 1. The third kappa shape index (κ3) is 3.54. The molecule has 0 aliphatic heterocycles. The third-order valence-electron chi connectivity index (χ3n) is 7.05. The number of terminal acetylenes is 1. The van der Waals surface area contributed by atoms with E-state index in [2.05, 4.69) is 58.8 Å². The van der Waals surface area contributed by atoms with Crippen molar-refractivity contribution in [3.8, 4) is 18.1 Å². The Hall–Kier alpha value is -1.20. The quantitative estimate of drug-likeness (QED) is 0.466. The van der Waals surface area contributed by atoms with Crippen LogP contribution >= 0.6 is 0 Å². The normalized spacial score (nSPS) is 27.3. The summed E-state index contributed by atoms with van der Waals surface area (Å²) in [4.78, 5) is 0. The molecule has 2 heteroatoms. The van der Waals surface area contributed by atoms with Gasteiger partial charge in [0.15, 0.2) is 0 Å². The smallest absolute Gasteiger partial charge is 0.124 e. The van der Waals surface area contributed by atoms with Crippen LogP contribution in [0.2, 0.25) is 19.1 Å². The topological polar surface area (TPSA) is 9.23 Å². The van der Waals surface area contributed by atoms with Crippen molar-refractivity contribution in [3.63, 3.8) is 0 Å². The standard InChI is InChI=1S/C23H34OSi/c1-8-18-11-16(2)22(17(3)12-18)24-15-25(6,7)14-19-9-10-20-13-21(19)23(20,4)5/h1,11-12,19-21H,9-10,13-15H2,2-7H3. The third-order valence-corrected chi connectivity index (χ3v) is 9.61. The minimum Gasteiger partial charge on any atom is -0.497 e. The van der Waals surface area contributed by atoms with Crippen LogP contribution in [0.15, 0.2) is 12.1 Å². The summed E-state index contributed by atoms with van der Waals surface area (Å²) in [5.74, 6) is 6.66. The summed E-state index contributed by atoms with van der Waals surface area (Å²) in [5.41, 5.74) is 3.87. The molecule has 0 amide bonds. The van der Waals surface area contributed by atoms with E-state index in [4.69, 9.17) is 11.2 Å². The van der Waals surface area contributed by atoms with E-state index in [1.807, 2.05) is 0 Å². The fourth-order valence-corrected chi connectivity index (χ4v) is 8.07. The summed E-state index contributed by atoms with van der Waals surface area (Å²) in [7, 11) is -1.38. The molecule has 2 bridgehead atoms. The molecule has 1 aromatic rings. The number of fused-ring (bicyclic) bond motifs is 2. The Morgan fingerprint density at radius 3 is 2.36 bits per heavy atom. The molecule has 1 nitrogen and oxygen atoms in total. The van der Waals surface area contributed by atoms with Gasteiger partial charge in [0.05, 0.1) is 14.3 Å². The summed E-state index contributed by atoms with van der Waals surface area (Å²) < 4.78 is 6.37. The van der Waals surface area contributed by atoms with Crippen molar-refractivity contribution in [3.05, 3.63) is 28.8 Å². The average Bonchev–Trinajstić information content (AvgIpc) is 2.53. The van der Waals surface area contributed by atoms with Gasteiger partial charge in [0.25, 0.3) is 0 Å². The van der Waals surface area contributed by atoms with Crippen LogP contribution in [-0.2, 0) is 0 Å². The number of benzene rings is 1. The summed E-state index contributed by atoms with van der Waals surface area (Å²) >= 11 is 0. The maximum absolute atomic E-state index is 6.37. The predicted octanol–water partition coefficient (Wildman–Crippen LogP) is 5.98. The van der Waals surface area contributed by atoms with Crippen LogP contribution in [0.25, 0.3) is 0 Å². The lowest BCUT2D eigenvalue weighted by Gasteiger charge is -2.61. The van der Waals surface area contributed by atoms with Crippen LogP contribution in [-0.4, -0.2) is 14.3 Å². The minimum atomic E-state index is -1.38. The van der Waals surface area contributed by atoms with Gasteiger partial charge in [-0.05, 0) is 73.1 Å². The first-order valence-corrected chi connectivity index (χ1v) is 13.3. The molecular formula is C23H34OSi. The zero-order valence-corrected chi connectivity index (χ0v) is 17.9. The molecule has 0 radical (unpaired) electrons. The molecule has 3 saturated carbocycles. The van der Waals surface area contributed by atoms with Gasteiger partial charge >= 0.3 is 0 Å². The molecule has 0 heterocycles. The Bertz CT molecular complexity index is 670. The van der Waals surface area contributed by atoms with Gasteiger partial charge < -0.3 is 4.74 Å². The summed E-state index contributed by atoms with van der Waals surface area (Å²) in [6.07, 6.45) is 10.8. The van der Waals surface area contributed by atoms with Crippen molar-refractivity contribution in [2.24, 2.45) is 23.2 Å². The lowest BCUT2D eigenvalue weighted by Crippen LogP contribution is -2.54. The molecule has 0 saturated heterocycles. The molecule has 3 atom stereocenters. The van der Waals surface area contributed by atoms with E-state index in [-0.39, 0.29) is 0 Å². The summed E-state index contributed by atoms with van der Waals surface area (Å²) in [6.45, 7) is 14.2. The molecule has 25 heavy (non-hydrogen) atoms. The molecule has 136 valence electrons. The lowest BCUT2D eigenvalue weighted by atomic mass is 9.46. The highest BCUT2D eigenvalue weighted by Crippen LogP contribution is 2.62. The van der Waals surface area contributed by atoms with E-state index in [1.165, 1.54) is 36.4 Å². The van der Waals surface area contributed by atoms with Crippen LogP contribution in [0.3, 0.4) is 0 Å². The maximum atomic E-state index is 6.37. The van der Waals surface area contributed by atoms with Gasteiger partial charge in [0.1, 0.15) is 5.75 Å². The van der Waals surface area contributed by atoms with Gasteiger partial charge in [-0.2, -0.15) is 0 Å². The van der Waals surface area contributed by atoms with Crippen molar-refractivity contribution in [1.29, 1.82) is 0 Å². The van der Waals surface area contributed by atoms with E-state index < -0.39 is 8.07 Å². The zero-order chi connectivity index (χ0) is 18.4. The van der Waals surface area contributed by atoms with Gasteiger partial charge in [-0.15, -0.1) is 6.42 Å². The number of aryl methyl sites for hydroxylation is 2. The fourth-order valence-electron chi connectivity index (χ4n) is 5.50. The van der Waals surface area contributed by atoms with E-state index in [9.17, 15) is 0 Å². The maximum Gasteiger partial charge on any atom is 0.124 e. The first kappa shape index (κ1) is 18.6. The molecule has 0 N–H and O–H groups in total. The highest BCUT2D eigenvalue weighted by molar-refractivity contribution is 6.77. The molecule has 4 rings (SSSR count). The van der Waals surface area contributed by atoms with Crippen LogP contribution in [0.5, 0.6) is 5.75 Å². The zero-order valence-electron chi connectivity index (χ0n) is 16.9. The van der Waals surface area contributed by atoms with E-state index in [0.29, 0.717) is 5.41 Å². The van der Waals surface area contributed by atoms with Crippen LogP contribution in [0, 0.1) is 49.4 Å². The summed E-state index contributed by atoms with van der Waals surface area (Å²) in [5, 5.41) is 0. The van der Waals surface area contributed by atoms with Crippen molar-refractivity contribution in [2.45, 2.75) is 66.1 Å². The second kappa shape index (κ2) is 6.51. The Kier molecular flexibility index (Phi) is 4.84. The Balaban J connectivity index is 1.64. The molecule has 0 aromatic heterocycles. The van der Waals surface area contributed by atoms with E-state index in [0.717, 1.165) is 35.3 Å². The second-order valence-electron chi connectivity index (χ2n) is 9.94.